The second-order valence-corrected chi connectivity index (χ2v) is 7.10. The molecule has 0 amide bonds. The number of fused-ring (bicyclic) bond motifs is 1. The van der Waals surface area contributed by atoms with Gasteiger partial charge in [0.25, 0.3) is 0 Å². The highest BCUT2D eigenvalue weighted by molar-refractivity contribution is 5.75. The Labute approximate surface area is 163 Å². The molecule has 3 heterocycles. The molecule has 1 N–H and O–H groups in total. The molecule has 5 rings (SSSR count). The molecule has 28 heavy (non-hydrogen) atoms. The number of hydrogen-bond donors (Lipinski definition) is 1. The molecule has 0 saturated carbocycles. The van der Waals surface area contributed by atoms with Gasteiger partial charge in [0.2, 0.25) is 0 Å². The Hall–Kier alpha value is -3.25. The van der Waals surface area contributed by atoms with Crippen LogP contribution in [0.1, 0.15) is 5.69 Å². The average molecular weight is 370 g/mol. The SMILES string of the molecule is c1ccc(-c2ncc(CN3CCN(c4cnc5ccccc5n4)CC3)[nH]2)cc1. The van der Waals surface area contributed by atoms with E-state index in [1.807, 2.05) is 54.9 Å². The lowest BCUT2D eigenvalue weighted by molar-refractivity contribution is 0.247. The fourth-order valence-corrected chi connectivity index (χ4v) is 3.66. The molecule has 1 fully saturated rings. The van der Waals surface area contributed by atoms with Crippen LogP contribution in [0.3, 0.4) is 0 Å². The summed E-state index contributed by atoms with van der Waals surface area (Å²) in [4.78, 5) is 22.1. The molecular weight excluding hydrogens is 348 g/mol. The van der Waals surface area contributed by atoms with E-state index in [1.54, 1.807) is 0 Å². The van der Waals surface area contributed by atoms with Crippen molar-refractivity contribution in [1.82, 2.24) is 24.8 Å². The van der Waals surface area contributed by atoms with Gasteiger partial charge in [-0.2, -0.15) is 0 Å². The molecule has 0 spiro atoms. The predicted molar refractivity (Wildman–Crippen MR) is 111 cm³/mol. The van der Waals surface area contributed by atoms with Crippen LogP contribution in [0.4, 0.5) is 5.82 Å². The lowest BCUT2D eigenvalue weighted by Gasteiger charge is -2.35. The topological polar surface area (TPSA) is 60.9 Å². The minimum atomic E-state index is 0.886. The first-order chi connectivity index (χ1) is 13.8. The van der Waals surface area contributed by atoms with Gasteiger partial charge in [0, 0.05) is 50.2 Å². The highest BCUT2D eigenvalue weighted by atomic mass is 15.3. The standard InChI is InChI=1S/C22H22N6/c1-2-6-17(7-3-1)22-24-14-18(25-22)16-27-10-12-28(13-11-27)21-15-23-19-8-4-5-9-20(19)26-21/h1-9,14-15H,10-13,16H2,(H,24,25). The van der Waals surface area contributed by atoms with Crippen molar-refractivity contribution in [3.63, 3.8) is 0 Å². The number of para-hydroxylation sites is 2. The molecule has 0 radical (unpaired) electrons. The van der Waals surface area contributed by atoms with Crippen molar-refractivity contribution >= 4 is 16.9 Å². The number of nitrogens with one attached hydrogen (secondary N) is 1. The summed E-state index contributed by atoms with van der Waals surface area (Å²) in [7, 11) is 0. The maximum absolute atomic E-state index is 4.77. The van der Waals surface area contributed by atoms with E-state index in [9.17, 15) is 0 Å². The number of aromatic amines is 1. The summed E-state index contributed by atoms with van der Waals surface area (Å²) in [5.41, 5.74) is 4.16. The molecule has 1 aliphatic heterocycles. The van der Waals surface area contributed by atoms with Gasteiger partial charge in [0.05, 0.1) is 17.2 Å². The minimum Gasteiger partial charge on any atom is -0.353 e. The van der Waals surface area contributed by atoms with E-state index in [2.05, 4.69) is 36.9 Å². The smallest absolute Gasteiger partial charge is 0.147 e. The summed E-state index contributed by atoms with van der Waals surface area (Å²) in [6.45, 7) is 4.78. The first-order valence-corrected chi connectivity index (χ1v) is 9.63. The van der Waals surface area contributed by atoms with E-state index < -0.39 is 0 Å². The number of aromatic nitrogens is 4. The highest BCUT2D eigenvalue weighted by Crippen LogP contribution is 2.19. The van der Waals surface area contributed by atoms with Gasteiger partial charge in [-0.3, -0.25) is 9.88 Å². The van der Waals surface area contributed by atoms with Crippen LogP contribution in [0.5, 0.6) is 0 Å². The molecule has 6 nitrogen and oxygen atoms in total. The fraction of sp³-hybridized carbons (Fsp3) is 0.227. The van der Waals surface area contributed by atoms with Crippen molar-refractivity contribution in [1.29, 1.82) is 0 Å². The number of rotatable bonds is 4. The number of H-pyrrole nitrogens is 1. The Morgan fingerprint density at radius 3 is 2.36 bits per heavy atom. The lowest BCUT2D eigenvalue weighted by Crippen LogP contribution is -2.46. The van der Waals surface area contributed by atoms with Gasteiger partial charge in [-0.1, -0.05) is 42.5 Å². The third-order valence-corrected chi connectivity index (χ3v) is 5.20. The molecule has 6 heteroatoms. The van der Waals surface area contributed by atoms with E-state index in [1.165, 1.54) is 0 Å². The monoisotopic (exact) mass is 370 g/mol. The van der Waals surface area contributed by atoms with Crippen LogP contribution in [0.25, 0.3) is 22.4 Å². The maximum atomic E-state index is 4.77. The average Bonchev–Trinajstić information content (AvgIpc) is 3.23. The van der Waals surface area contributed by atoms with E-state index in [0.29, 0.717) is 0 Å². The van der Waals surface area contributed by atoms with Gasteiger partial charge in [0.15, 0.2) is 0 Å². The zero-order valence-electron chi connectivity index (χ0n) is 15.6. The van der Waals surface area contributed by atoms with Gasteiger partial charge >= 0.3 is 0 Å². The van der Waals surface area contributed by atoms with Crippen molar-refractivity contribution in [3.05, 3.63) is 72.7 Å². The molecule has 140 valence electrons. The van der Waals surface area contributed by atoms with E-state index in [4.69, 9.17) is 4.98 Å². The van der Waals surface area contributed by atoms with Crippen LogP contribution >= 0.6 is 0 Å². The Bertz CT molecular complexity index is 1070. The van der Waals surface area contributed by atoms with Crippen LogP contribution in [0.15, 0.2) is 67.0 Å². The quantitative estimate of drug-likeness (QED) is 0.597. The van der Waals surface area contributed by atoms with Crippen LogP contribution < -0.4 is 4.90 Å². The third kappa shape index (κ3) is 3.46. The van der Waals surface area contributed by atoms with Gasteiger partial charge in [-0.05, 0) is 12.1 Å². The van der Waals surface area contributed by atoms with E-state index >= 15 is 0 Å². The molecule has 2 aromatic heterocycles. The molecule has 1 aliphatic rings. The Morgan fingerprint density at radius 2 is 1.54 bits per heavy atom. The largest absolute Gasteiger partial charge is 0.353 e. The second kappa shape index (κ2) is 7.40. The van der Waals surface area contributed by atoms with Crippen LogP contribution in [0, 0.1) is 0 Å². The van der Waals surface area contributed by atoms with E-state index in [0.717, 1.165) is 66.7 Å². The van der Waals surface area contributed by atoms with Crippen LogP contribution in [0.2, 0.25) is 0 Å². The zero-order valence-corrected chi connectivity index (χ0v) is 15.6. The fourth-order valence-electron chi connectivity index (χ4n) is 3.66. The second-order valence-electron chi connectivity index (χ2n) is 7.10. The zero-order chi connectivity index (χ0) is 18.8. The number of anilines is 1. The molecule has 2 aromatic carbocycles. The summed E-state index contributed by atoms with van der Waals surface area (Å²) in [5, 5.41) is 0. The highest BCUT2D eigenvalue weighted by Gasteiger charge is 2.19. The maximum Gasteiger partial charge on any atom is 0.147 e. The normalized spacial score (nSPS) is 15.2. The number of hydrogen-bond acceptors (Lipinski definition) is 5. The van der Waals surface area contributed by atoms with Crippen LogP contribution in [-0.4, -0.2) is 51.0 Å². The first-order valence-electron chi connectivity index (χ1n) is 9.63. The first kappa shape index (κ1) is 16.9. The van der Waals surface area contributed by atoms with Crippen LogP contribution in [-0.2, 0) is 6.54 Å². The molecule has 4 aromatic rings. The Balaban J connectivity index is 1.22. The number of piperazine rings is 1. The summed E-state index contributed by atoms with van der Waals surface area (Å²) < 4.78 is 0. The summed E-state index contributed by atoms with van der Waals surface area (Å²) in [5.74, 6) is 1.90. The third-order valence-electron chi connectivity index (χ3n) is 5.20. The number of imidazole rings is 1. The Kier molecular flexibility index (Phi) is 4.47. The number of benzene rings is 2. The molecule has 0 aliphatic carbocycles. The molecule has 1 saturated heterocycles. The molecule has 0 unspecified atom stereocenters. The molecule has 0 bridgehead atoms. The van der Waals surface area contributed by atoms with Crippen molar-refractivity contribution in [2.24, 2.45) is 0 Å². The summed E-state index contributed by atoms with van der Waals surface area (Å²) >= 11 is 0. The summed E-state index contributed by atoms with van der Waals surface area (Å²) in [6, 6.07) is 18.3. The van der Waals surface area contributed by atoms with Gasteiger partial charge in [-0.25, -0.2) is 9.97 Å². The minimum absolute atomic E-state index is 0.886. The number of nitrogens with zero attached hydrogens (tertiary/aromatic N) is 5. The Morgan fingerprint density at radius 1 is 0.786 bits per heavy atom. The lowest BCUT2D eigenvalue weighted by atomic mass is 10.2. The van der Waals surface area contributed by atoms with E-state index in [-0.39, 0.29) is 0 Å². The predicted octanol–water partition coefficient (Wildman–Crippen LogP) is 3.34. The summed E-state index contributed by atoms with van der Waals surface area (Å²) in [6.07, 6.45) is 3.84. The van der Waals surface area contributed by atoms with Crippen molar-refractivity contribution in [2.75, 3.05) is 31.1 Å². The van der Waals surface area contributed by atoms with Gasteiger partial charge < -0.3 is 9.88 Å². The van der Waals surface area contributed by atoms with Gasteiger partial charge in [0.1, 0.15) is 11.6 Å². The molecule has 0 atom stereocenters. The van der Waals surface area contributed by atoms with Gasteiger partial charge in [-0.15, -0.1) is 0 Å². The van der Waals surface area contributed by atoms with Crippen molar-refractivity contribution in [3.8, 4) is 11.4 Å². The molecular formula is C22H22N6. The van der Waals surface area contributed by atoms with Crippen molar-refractivity contribution < 1.29 is 0 Å². The van der Waals surface area contributed by atoms with Crippen molar-refractivity contribution in [2.45, 2.75) is 6.54 Å².